The number of hydrogen-bond donors (Lipinski definition) is 2. The predicted molar refractivity (Wildman–Crippen MR) is 53.1 cm³/mol. The molecule has 0 spiro atoms. The normalized spacial score (nSPS) is 24.1. The lowest BCUT2D eigenvalue weighted by Crippen LogP contribution is -2.30. The van der Waals surface area contributed by atoms with E-state index in [2.05, 4.69) is 0 Å². The highest BCUT2D eigenvalue weighted by Gasteiger charge is 2.33. The van der Waals surface area contributed by atoms with E-state index in [1.54, 1.807) is 12.1 Å². The molecule has 2 unspecified atom stereocenters. The van der Waals surface area contributed by atoms with E-state index in [-0.39, 0.29) is 18.3 Å². The molecule has 0 aliphatic carbocycles. The highest BCUT2D eigenvalue weighted by molar-refractivity contribution is 5.72. The van der Waals surface area contributed by atoms with E-state index in [0.29, 0.717) is 5.75 Å². The van der Waals surface area contributed by atoms with Gasteiger partial charge in [-0.3, -0.25) is 4.79 Å². The summed E-state index contributed by atoms with van der Waals surface area (Å²) in [6.07, 6.45) is 0. The lowest BCUT2D eigenvalue weighted by Gasteiger charge is -2.28. The number of benzene rings is 1. The largest absolute Gasteiger partial charge is 0.504 e. The minimum Gasteiger partial charge on any atom is -0.504 e. The molecule has 1 aromatic carbocycles. The number of aromatic hydroxyl groups is 1. The minimum absolute atomic E-state index is 0.0724. The predicted octanol–water partition coefficient (Wildman–Crippen LogP) is 1.59. The number of phenolic OH excluding ortho intramolecular Hbond substituents is 1. The second kappa shape index (κ2) is 3.46. The molecule has 2 rings (SSSR count). The van der Waals surface area contributed by atoms with Crippen molar-refractivity contribution in [2.24, 2.45) is 5.92 Å². The second-order valence-electron chi connectivity index (χ2n) is 3.74. The van der Waals surface area contributed by atoms with Crippen LogP contribution in [0.5, 0.6) is 11.5 Å². The fraction of sp³-hybridized carbons (Fsp3) is 0.364. The van der Waals surface area contributed by atoms with Crippen LogP contribution in [-0.2, 0) is 4.79 Å². The van der Waals surface area contributed by atoms with Gasteiger partial charge in [0.1, 0.15) is 6.61 Å². The summed E-state index contributed by atoms with van der Waals surface area (Å²) in [6.45, 7) is 1.95. The summed E-state index contributed by atoms with van der Waals surface area (Å²) in [5.74, 6) is -1.06. The Hall–Kier alpha value is -1.71. The summed E-state index contributed by atoms with van der Waals surface area (Å²) in [4.78, 5) is 10.9. The number of hydrogen-bond acceptors (Lipinski definition) is 3. The highest BCUT2D eigenvalue weighted by atomic mass is 16.5. The third-order valence-electron chi connectivity index (χ3n) is 2.84. The maximum absolute atomic E-state index is 10.9. The topological polar surface area (TPSA) is 66.8 Å². The first-order valence-corrected chi connectivity index (χ1v) is 4.78. The van der Waals surface area contributed by atoms with E-state index in [4.69, 9.17) is 9.84 Å². The van der Waals surface area contributed by atoms with Crippen molar-refractivity contribution in [2.45, 2.75) is 12.8 Å². The number of fused-ring (bicyclic) bond motifs is 1. The average Bonchev–Trinajstić information content (AvgIpc) is 2.19. The van der Waals surface area contributed by atoms with Crippen molar-refractivity contribution in [3.05, 3.63) is 23.8 Å². The number of carboxylic acids is 1. The van der Waals surface area contributed by atoms with E-state index in [0.717, 1.165) is 5.56 Å². The molecule has 0 saturated carbocycles. The second-order valence-corrected chi connectivity index (χ2v) is 3.74. The van der Waals surface area contributed by atoms with Crippen molar-refractivity contribution in [2.75, 3.05) is 6.61 Å². The molecule has 0 amide bonds. The first-order chi connectivity index (χ1) is 7.11. The van der Waals surface area contributed by atoms with Crippen LogP contribution in [0.15, 0.2) is 18.2 Å². The lowest BCUT2D eigenvalue weighted by atomic mass is 9.85. The minimum atomic E-state index is -0.864. The monoisotopic (exact) mass is 208 g/mol. The number of ether oxygens (including phenoxy) is 1. The Morgan fingerprint density at radius 3 is 2.93 bits per heavy atom. The first-order valence-electron chi connectivity index (χ1n) is 4.78. The van der Waals surface area contributed by atoms with Gasteiger partial charge in [0.05, 0.1) is 5.92 Å². The summed E-state index contributed by atoms with van der Waals surface area (Å²) in [5.41, 5.74) is 0.758. The Kier molecular flexibility index (Phi) is 2.26. The van der Waals surface area contributed by atoms with Crippen LogP contribution in [0.1, 0.15) is 18.4 Å². The van der Waals surface area contributed by atoms with Crippen LogP contribution in [0, 0.1) is 5.92 Å². The maximum atomic E-state index is 10.9. The Morgan fingerprint density at radius 1 is 1.53 bits per heavy atom. The van der Waals surface area contributed by atoms with Crippen molar-refractivity contribution in [1.82, 2.24) is 0 Å². The van der Waals surface area contributed by atoms with Crippen LogP contribution in [0.3, 0.4) is 0 Å². The number of phenols is 1. The Bertz CT molecular complexity index is 400. The van der Waals surface area contributed by atoms with Gasteiger partial charge in [-0.1, -0.05) is 19.1 Å². The molecular weight excluding hydrogens is 196 g/mol. The van der Waals surface area contributed by atoms with Crippen LogP contribution in [-0.4, -0.2) is 22.8 Å². The van der Waals surface area contributed by atoms with Gasteiger partial charge in [-0.05, 0) is 6.07 Å². The van der Waals surface area contributed by atoms with Crippen LogP contribution >= 0.6 is 0 Å². The van der Waals surface area contributed by atoms with Crippen molar-refractivity contribution in [1.29, 1.82) is 0 Å². The van der Waals surface area contributed by atoms with Gasteiger partial charge in [-0.15, -0.1) is 0 Å². The van der Waals surface area contributed by atoms with Crippen molar-refractivity contribution in [3.63, 3.8) is 0 Å². The SMILES string of the molecule is CC1c2cccc(O)c2OCC1C(=O)O. The zero-order valence-corrected chi connectivity index (χ0v) is 8.30. The number of para-hydroxylation sites is 1. The number of carboxylic acid groups (broad SMARTS) is 1. The van der Waals surface area contributed by atoms with E-state index < -0.39 is 11.9 Å². The Balaban J connectivity index is 2.42. The molecule has 80 valence electrons. The molecule has 0 bridgehead atoms. The van der Waals surface area contributed by atoms with E-state index in [1.807, 2.05) is 6.92 Å². The summed E-state index contributed by atoms with van der Waals surface area (Å²) < 4.78 is 5.27. The molecule has 2 atom stereocenters. The third-order valence-corrected chi connectivity index (χ3v) is 2.84. The number of carbonyl (C=O) groups is 1. The van der Waals surface area contributed by atoms with Gasteiger partial charge in [-0.25, -0.2) is 0 Å². The van der Waals surface area contributed by atoms with Crippen molar-refractivity contribution >= 4 is 5.97 Å². The summed E-state index contributed by atoms with van der Waals surface area (Å²) in [6, 6.07) is 5.01. The van der Waals surface area contributed by atoms with Gasteiger partial charge < -0.3 is 14.9 Å². The standard InChI is InChI=1S/C11H12O4/c1-6-7-3-2-4-9(12)10(7)15-5-8(6)11(13)14/h2-4,6,8,12H,5H2,1H3,(H,13,14). The van der Waals surface area contributed by atoms with Crippen LogP contribution in [0.2, 0.25) is 0 Å². The maximum Gasteiger partial charge on any atom is 0.310 e. The van der Waals surface area contributed by atoms with Crippen molar-refractivity contribution in [3.8, 4) is 11.5 Å². The number of rotatable bonds is 1. The van der Waals surface area contributed by atoms with E-state index in [9.17, 15) is 9.90 Å². The molecule has 1 aliphatic rings. The Morgan fingerprint density at radius 2 is 2.27 bits per heavy atom. The lowest BCUT2D eigenvalue weighted by molar-refractivity contribution is -0.144. The molecule has 1 heterocycles. The zero-order chi connectivity index (χ0) is 11.0. The molecule has 1 aromatic rings. The summed E-state index contributed by atoms with van der Waals surface area (Å²) in [5, 5.41) is 18.5. The van der Waals surface area contributed by atoms with Gasteiger partial charge >= 0.3 is 5.97 Å². The fourth-order valence-corrected chi connectivity index (χ4v) is 1.88. The molecule has 0 saturated heterocycles. The molecule has 2 N–H and O–H groups in total. The number of aliphatic carboxylic acids is 1. The average molecular weight is 208 g/mol. The van der Waals surface area contributed by atoms with E-state index in [1.165, 1.54) is 6.07 Å². The molecule has 0 aromatic heterocycles. The van der Waals surface area contributed by atoms with Crippen LogP contribution in [0.25, 0.3) is 0 Å². The smallest absolute Gasteiger partial charge is 0.310 e. The summed E-state index contributed by atoms with van der Waals surface area (Å²) in [7, 11) is 0. The fourth-order valence-electron chi connectivity index (χ4n) is 1.88. The zero-order valence-electron chi connectivity index (χ0n) is 8.30. The van der Waals surface area contributed by atoms with Crippen LogP contribution < -0.4 is 4.74 Å². The molecular formula is C11H12O4. The van der Waals surface area contributed by atoms with Crippen LogP contribution in [0.4, 0.5) is 0 Å². The van der Waals surface area contributed by atoms with Gasteiger partial charge in [0.25, 0.3) is 0 Å². The molecule has 0 radical (unpaired) electrons. The van der Waals surface area contributed by atoms with Gasteiger partial charge in [0, 0.05) is 11.5 Å². The van der Waals surface area contributed by atoms with Gasteiger partial charge in [0.2, 0.25) is 0 Å². The quantitative estimate of drug-likeness (QED) is 0.735. The highest BCUT2D eigenvalue weighted by Crippen LogP contribution is 2.41. The molecule has 1 aliphatic heterocycles. The molecule has 4 heteroatoms. The molecule has 4 nitrogen and oxygen atoms in total. The van der Waals surface area contributed by atoms with Gasteiger partial charge in [-0.2, -0.15) is 0 Å². The third kappa shape index (κ3) is 1.52. The molecule has 15 heavy (non-hydrogen) atoms. The van der Waals surface area contributed by atoms with Gasteiger partial charge in [0.15, 0.2) is 11.5 Å². The molecule has 0 fully saturated rings. The van der Waals surface area contributed by atoms with E-state index >= 15 is 0 Å². The first kappa shape index (κ1) is 9.83. The Labute approximate surface area is 87.1 Å². The summed E-state index contributed by atoms with van der Waals surface area (Å²) >= 11 is 0. The van der Waals surface area contributed by atoms with Crippen molar-refractivity contribution < 1.29 is 19.7 Å².